The number of nitrogens with zero attached hydrogens (tertiary/aromatic N) is 1. The van der Waals surface area contributed by atoms with E-state index < -0.39 is 0 Å². The van der Waals surface area contributed by atoms with E-state index in [0.717, 1.165) is 18.7 Å². The van der Waals surface area contributed by atoms with Gasteiger partial charge in [0.15, 0.2) is 5.76 Å². The van der Waals surface area contributed by atoms with Gasteiger partial charge in [-0.05, 0) is 6.42 Å². The minimum Gasteiger partial charge on any atom is -0.491 e. The summed E-state index contributed by atoms with van der Waals surface area (Å²) in [6, 6.07) is 0. The van der Waals surface area contributed by atoms with Gasteiger partial charge in [-0.2, -0.15) is 0 Å². The zero-order valence-corrected chi connectivity index (χ0v) is 6.96. The van der Waals surface area contributed by atoms with E-state index in [1.807, 2.05) is 6.08 Å². The van der Waals surface area contributed by atoms with Gasteiger partial charge in [-0.15, -0.1) is 0 Å². The van der Waals surface area contributed by atoms with E-state index in [-0.39, 0.29) is 0 Å². The Morgan fingerprint density at radius 2 is 2.55 bits per heavy atom. The van der Waals surface area contributed by atoms with Gasteiger partial charge in [0.1, 0.15) is 6.61 Å². The molecule has 0 aromatic heterocycles. The maximum absolute atomic E-state index is 5.19. The van der Waals surface area contributed by atoms with Gasteiger partial charge >= 0.3 is 0 Å². The zero-order valence-electron chi connectivity index (χ0n) is 6.96. The summed E-state index contributed by atoms with van der Waals surface area (Å²) in [5.41, 5.74) is 0. The van der Waals surface area contributed by atoms with Crippen LogP contribution in [0.25, 0.3) is 0 Å². The lowest BCUT2D eigenvalue weighted by atomic mass is 10.4. The van der Waals surface area contributed by atoms with E-state index in [4.69, 9.17) is 9.47 Å². The molecule has 0 unspecified atom stereocenters. The van der Waals surface area contributed by atoms with Crippen molar-refractivity contribution in [1.82, 2.24) is 0 Å². The normalized spacial score (nSPS) is 19.8. The van der Waals surface area contributed by atoms with E-state index in [9.17, 15) is 0 Å². The molecule has 1 rings (SSSR count). The van der Waals surface area contributed by atoms with Crippen molar-refractivity contribution < 1.29 is 9.47 Å². The topological polar surface area (TPSA) is 30.8 Å². The third-order valence-electron chi connectivity index (χ3n) is 1.40. The highest BCUT2D eigenvalue weighted by molar-refractivity contribution is 5.93. The molecule has 0 aromatic carbocycles. The fraction of sp³-hybridized carbons (Fsp3) is 0.625. The molecule has 0 spiro atoms. The van der Waals surface area contributed by atoms with Crippen LogP contribution in [0.3, 0.4) is 0 Å². The molecule has 0 bridgehead atoms. The lowest BCUT2D eigenvalue weighted by Crippen LogP contribution is -2.03. The van der Waals surface area contributed by atoms with Gasteiger partial charge in [0.25, 0.3) is 5.90 Å². The molecule has 11 heavy (non-hydrogen) atoms. The summed E-state index contributed by atoms with van der Waals surface area (Å²) >= 11 is 0. The van der Waals surface area contributed by atoms with Crippen LogP contribution in [-0.4, -0.2) is 26.2 Å². The van der Waals surface area contributed by atoms with Gasteiger partial charge < -0.3 is 9.47 Å². The highest BCUT2D eigenvalue weighted by Gasteiger charge is 2.13. The summed E-state index contributed by atoms with van der Waals surface area (Å²) in [6.45, 7) is 3.47. The zero-order chi connectivity index (χ0) is 8.10. The van der Waals surface area contributed by atoms with Gasteiger partial charge in [0.05, 0.1) is 7.11 Å². The second kappa shape index (κ2) is 4.01. The molecule has 62 valence electrons. The van der Waals surface area contributed by atoms with Crippen LogP contribution in [0.2, 0.25) is 0 Å². The Hall–Kier alpha value is -0.990. The molecule has 1 aliphatic heterocycles. The Bertz CT molecular complexity index is 185. The minimum absolute atomic E-state index is 0.589. The van der Waals surface area contributed by atoms with E-state index in [1.54, 1.807) is 7.11 Å². The summed E-state index contributed by atoms with van der Waals surface area (Å²) < 4.78 is 10.2. The summed E-state index contributed by atoms with van der Waals surface area (Å²) in [6.07, 6.45) is 2.92. The number of rotatable bonds is 3. The number of ether oxygens (including phenoxy) is 2. The molecule has 0 amide bonds. The average Bonchev–Trinajstić information content (AvgIpc) is 2.47. The van der Waals surface area contributed by atoms with Crippen molar-refractivity contribution >= 4 is 5.90 Å². The highest BCUT2D eigenvalue weighted by Crippen LogP contribution is 2.08. The van der Waals surface area contributed by atoms with Gasteiger partial charge in [-0.25, -0.2) is 4.99 Å². The maximum atomic E-state index is 5.19. The van der Waals surface area contributed by atoms with Gasteiger partial charge in [-0.3, -0.25) is 0 Å². The largest absolute Gasteiger partial charge is 0.491 e. The molecule has 1 heterocycles. The fourth-order valence-electron chi connectivity index (χ4n) is 0.862. The van der Waals surface area contributed by atoms with E-state index in [2.05, 4.69) is 11.9 Å². The van der Waals surface area contributed by atoms with Gasteiger partial charge in [-0.1, -0.05) is 6.92 Å². The predicted molar refractivity (Wildman–Crippen MR) is 43.6 cm³/mol. The van der Waals surface area contributed by atoms with Crippen molar-refractivity contribution in [3.8, 4) is 0 Å². The van der Waals surface area contributed by atoms with Crippen LogP contribution < -0.4 is 0 Å². The van der Waals surface area contributed by atoms with Crippen LogP contribution >= 0.6 is 0 Å². The summed E-state index contributed by atoms with van der Waals surface area (Å²) in [5, 5.41) is 0. The van der Waals surface area contributed by atoms with Crippen LogP contribution in [0, 0.1) is 0 Å². The Morgan fingerprint density at radius 3 is 3.18 bits per heavy atom. The van der Waals surface area contributed by atoms with Crippen molar-refractivity contribution in [2.45, 2.75) is 13.3 Å². The summed E-state index contributed by atoms with van der Waals surface area (Å²) in [5.74, 6) is 1.41. The second-order valence-corrected chi connectivity index (χ2v) is 2.27. The van der Waals surface area contributed by atoms with Crippen LogP contribution in [0.4, 0.5) is 0 Å². The van der Waals surface area contributed by atoms with Crippen LogP contribution in [0.15, 0.2) is 16.8 Å². The molecule has 0 N–H and O–H groups in total. The Morgan fingerprint density at radius 1 is 1.73 bits per heavy atom. The smallest absolute Gasteiger partial charge is 0.252 e. The van der Waals surface area contributed by atoms with Crippen molar-refractivity contribution in [1.29, 1.82) is 0 Å². The van der Waals surface area contributed by atoms with Crippen LogP contribution in [-0.2, 0) is 9.47 Å². The molecule has 0 saturated carbocycles. The molecule has 1 aliphatic rings. The summed E-state index contributed by atoms with van der Waals surface area (Å²) in [7, 11) is 1.63. The standard InChI is InChI=1S/C8H13NO2/c1-3-5-9-8-7(10-2)4-6-11-8/h4H,3,5-6H2,1-2H3. The third-order valence-corrected chi connectivity index (χ3v) is 1.40. The monoisotopic (exact) mass is 155 g/mol. The first-order valence-electron chi connectivity index (χ1n) is 3.80. The quantitative estimate of drug-likeness (QED) is 0.616. The molecule has 0 radical (unpaired) electrons. The first kappa shape index (κ1) is 8.11. The second-order valence-electron chi connectivity index (χ2n) is 2.27. The molecule has 3 nitrogen and oxygen atoms in total. The Kier molecular flexibility index (Phi) is 2.95. The van der Waals surface area contributed by atoms with E-state index >= 15 is 0 Å². The Labute approximate surface area is 66.7 Å². The first-order chi connectivity index (χ1) is 5.38. The molecule has 3 heteroatoms. The van der Waals surface area contributed by atoms with Crippen molar-refractivity contribution in [3.63, 3.8) is 0 Å². The van der Waals surface area contributed by atoms with E-state index in [0.29, 0.717) is 12.5 Å². The number of methoxy groups -OCH3 is 1. The molecular formula is C8H13NO2. The molecule has 0 fully saturated rings. The predicted octanol–water partition coefficient (Wildman–Crippen LogP) is 1.36. The summed E-state index contributed by atoms with van der Waals surface area (Å²) in [4.78, 5) is 4.20. The number of hydrogen-bond acceptors (Lipinski definition) is 3. The molecule has 0 saturated heterocycles. The van der Waals surface area contributed by atoms with Crippen molar-refractivity contribution in [2.24, 2.45) is 4.99 Å². The first-order valence-corrected chi connectivity index (χ1v) is 3.80. The average molecular weight is 155 g/mol. The lowest BCUT2D eigenvalue weighted by Gasteiger charge is -2.01. The van der Waals surface area contributed by atoms with Crippen molar-refractivity contribution in [3.05, 3.63) is 11.8 Å². The lowest BCUT2D eigenvalue weighted by molar-refractivity contribution is 0.299. The van der Waals surface area contributed by atoms with Crippen LogP contribution in [0.5, 0.6) is 0 Å². The van der Waals surface area contributed by atoms with Gasteiger partial charge in [0, 0.05) is 12.6 Å². The van der Waals surface area contributed by atoms with E-state index in [1.165, 1.54) is 0 Å². The molecule has 0 aromatic rings. The number of aliphatic imine (C=N–C) groups is 1. The molecular weight excluding hydrogens is 142 g/mol. The Balaban J connectivity index is 2.52. The number of hydrogen-bond donors (Lipinski definition) is 0. The molecule has 0 aliphatic carbocycles. The molecule has 0 atom stereocenters. The van der Waals surface area contributed by atoms with Crippen LogP contribution in [0.1, 0.15) is 13.3 Å². The highest BCUT2D eigenvalue weighted by atomic mass is 16.5. The SMILES string of the molecule is CCCN=C1OCC=C1OC. The van der Waals surface area contributed by atoms with Crippen molar-refractivity contribution in [2.75, 3.05) is 20.3 Å². The van der Waals surface area contributed by atoms with Gasteiger partial charge in [0.2, 0.25) is 0 Å². The maximum Gasteiger partial charge on any atom is 0.252 e. The fourth-order valence-corrected chi connectivity index (χ4v) is 0.862. The third kappa shape index (κ3) is 1.97. The minimum atomic E-state index is 0.589.